The number of fused-ring (bicyclic) bond motifs is 1. The molecule has 1 aromatic carbocycles. The summed E-state index contributed by atoms with van der Waals surface area (Å²) in [6, 6.07) is 12.6. The Morgan fingerprint density at radius 2 is 1.83 bits per heavy atom. The fraction of sp³-hybridized carbons (Fsp3) is 0.500. The van der Waals surface area contributed by atoms with E-state index in [4.69, 9.17) is 0 Å². The second-order valence-corrected chi connectivity index (χ2v) is 10.3. The van der Waals surface area contributed by atoms with Crippen LogP contribution in [0.15, 0.2) is 42.6 Å². The van der Waals surface area contributed by atoms with Gasteiger partial charge in [-0.05, 0) is 55.6 Å². The molecule has 3 aliphatic rings. The first-order valence-electron chi connectivity index (χ1n) is 13.1. The number of hydrogen-bond acceptors (Lipinski definition) is 4. The van der Waals surface area contributed by atoms with Crippen molar-refractivity contribution in [3.05, 3.63) is 48.2 Å². The minimum Gasteiger partial charge on any atom is -0.367 e. The molecule has 2 aromatic heterocycles. The van der Waals surface area contributed by atoms with Crippen LogP contribution in [0.2, 0.25) is 0 Å². The number of aromatic amines is 1. The molecular formula is C28H34FN5O. The van der Waals surface area contributed by atoms with Gasteiger partial charge in [-0.25, -0.2) is 9.37 Å². The first kappa shape index (κ1) is 22.5. The van der Waals surface area contributed by atoms with Gasteiger partial charge >= 0.3 is 0 Å². The second-order valence-electron chi connectivity index (χ2n) is 10.3. The van der Waals surface area contributed by atoms with Crippen LogP contribution < -0.4 is 4.90 Å². The van der Waals surface area contributed by atoms with Gasteiger partial charge in [0.2, 0.25) is 5.91 Å². The van der Waals surface area contributed by atoms with E-state index in [1.165, 1.54) is 0 Å². The zero-order valence-corrected chi connectivity index (χ0v) is 20.4. The summed E-state index contributed by atoms with van der Waals surface area (Å²) in [4.78, 5) is 27.1. The summed E-state index contributed by atoms with van der Waals surface area (Å²) in [5.41, 5.74) is 5.22. The zero-order chi connectivity index (χ0) is 23.9. The highest BCUT2D eigenvalue weighted by atomic mass is 19.1. The van der Waals surface area contributed by atoms with Gasteiger partial charge in [-0.3, -0.25) is 4.79 Å². The van der Waals surface area contributed by atoms with Gasteiger partial charge in [-0.15, -0.1) is 0 Å². The van der Waals surface area contributed by atoms with Gasteiger partial charge in [0.1, 0.15) is 11.8 Å². The Hall–Kier alpha value is -2.93. The molecule has 1 saturated carbocycles. The Morgan fingerprint density at radius 1 is 1.06 bits per heavy atom. The first-order valence-corrected chi connectivity index (χ1v) is 13.1. The van der Waals surface area contributed by atoms with E-state index in [-0.39, 0.29) is 11.8 Å². The molecule has 0 bridgehead atoms. The third-order valence-electron chi connectivity index (χ3n) is 8.09. The number of H-pyrrole nitrogens is 1. The maximum Gasteiger partial charge on any atom is 0.225 e. The lowest BCUT2D eigenvalue weighted by molar-refractivity contribution is -0.132. The SMILES string of the molecule is CCN1CCC(c2ccc(-c3cc4c(N5CCN(C(=O)C6CC6)CC5)ccnc4[nH]3)cc2)C(F)C1. The van der Waals surface area contributed by atoms with Crippen LogP contribution in [0.4, 0.5) is 10.1 Å². The minimum atomic E-state index is -0.811. The number of carbonyl (C=O) groups is 1. The van der Waals surface area contributed by atoms with Gasteiger partial charge in [0.05, 0.1) is 0 Å². The van der Waals surface area contributed by atoms with Crippen molar-refractivity contribution in [1.82, 2.24) is 19.8 Å². The molecule has 2 atom stereocenters. The molecule has 6 rings (SSSR count). The normalized spacial score (nSPS) is 23.7. The Labute approximate surface area is 206 Å². The highest BCUT2D eigenvalue weighted by molar-refractivity contribution is 5.94. The average molecular weight is 476 g/mol. The van der Waals surface area contributed by atoms with Crippen LogP contribution in [0, 0.1) is 5.92 Å². The zero-order valence-electron chi connectivity index (χ0n) is 20.4. The Bertz CT molecular complexity index is 1200. The number of rotatable bonds is 5. The highest BCUT2D eigenvalue weighted by Crippen LogP contribution is 2.35. The molecular weight excluding hydrogens is 441 g/mol. The quantitative estimate of drug-likeness (QED) is 0.593. The lowest BCUT2D eigenvalue weighted by Crippen LogP contribution is -2.49. The molecule has 1 N–H and O–H groups in total. The number of piperazine rings is 1. The molecule has 4 heterocycles. The molecule has 1 aliphatic carbocycles. The molecule has 2 saturated heterocycles. The average Bonchev–Trinajstić information content (AvgIpc) is 3.66. The molecule has 2 aliphatic heterocycles. The molecule has 7 heteroatoms. The molecule has 35 heavy (non-hydrogen) atoms. The lowest BCUT2D eigenvalue weighted by Gasteiger charge is -2.36. The second kappa shape index (κ2) is 9.26. The largest absolute Gasteiger partial charge is 0.367 e. The van der Waals surface area contributed by atoms with Crippen molar-refractivity contribution >= 4 is 22.6 Å². The van der Waals surface area contributed by atoms with Crippen molar-refractivity contribution in [2.45, 2.75) is 38.3 Å². The maximum atomic E-state index is 14.8. The molecule has 3 fully saturated rings. The fourth-order valence-electron chi connectivity index (χ4n) is 5.74. The summed E-state index contributed by atoms with van der Waals surface area (Å²) in [5.74, 6) is 0.605. The van der Waals surface area contributed by atoms with Gasteiger partial charge in [-0.2, -0.15) is 0 Å². The third-order valence-corrected chi connectivity index (χ3v) is 8.09. The van der Waals surface area contributed by atoms with Crippen molar-refractivity contribution in [3.63, 3.8) is 0 Å². The summed E-state index contributed by atoms with van der Waals surface area (Å²) in [6.45, 7) is 7.75. The smallest absolute Gasteiger partial charge is 0.225 e. The molecule has 3 aromatic rings. The number of amides is 1. The van der Waals surface area contributed by atoms with Crippen molar-refractivity contribution in [2.75, 3.05) is 50.7 Å². The summed E-state index contributed by atoms with van der Waals surface area (Å²) >= 11 is 0. The van der Waals surface area contributed by atoms with Crippen LogP contribution in [-0.4, -0.2) is 77.7 Å². The van der Waals surface area contributed by atoms with Crippen molar-refractivity contribution in [3.8, 4) is 11.3 Å². The van der Waals surface area contributed by atoms with E-state index in [0.29, 0.717) is 12.5 Å². The Morgan fingerprint density at radius 3 is 2.51 bits per heavy atom. The number of likely N-dealkylation sites (tertiary alicyclic amines) is 1. The van der Waals surface area contributed by atoms with Gasteiger partial charge in [0, 0.05) is 67.5 Å². The number of anilines is 1. The lowest BCUT2D eigenvalue weighted by atomic mass is 9.87. The molecule has 2 unspecified atom stereocenters. The number of aromatic nitrogens is 2. The number of nitrogens with zero attached hydrogens (tertiary/aromatic N) is 4. The predicted molar refractivity (Wildman–Crippen MR) is 137 cm³/mol. The van der Waals surface area contributed by atoms with Gasteiger partial charge in [0.15, 0.2) is 0 Å². The highest BCUT2D eigenvalue weighted by Gasteiger charge is 2.35. The van der Waals surface area contributed by atoms with E-state index in [2.05, 4.69) is 63.1 Å². The van der Waals surface area contributed by atoms with E-state index in [0.717, 1.165) is 92.1 Å². The first-order chi connectivity index (χ1) is 17.1. The standard InChI is InChI=1S/C28H34FN5O/c1-2-32-12-10-22(24(29)18-32)19-3-5-20(6-4-19)25-17-23-26(9-11-30-27(23)31-25)33-13-15-34(16-14-33)28(35)21-7-8-21/h3-6,9,11,17,21-22,24H,2,7-8,10,12-16,18H2,1H3,(H,30,31). The minimum absolute atomic E-state index is 0.0201. The Kier molecular flexibility index (Phi) is 5.96. The number of halogens is 1. The third kappa shape index (κ3) is 4.42. The predicted octanol–water partition coefficient (Wildman–Crippen LogP) is 4.44. The molecule has 0 radical (unpaired) electrons. The molecule has 6 nitrogen and oxygen atoms in total. The summed E-state index contributed by atoms with van der Waals surface area (Å²) in [7, 11) is 0. The summed E-state index contributed by atoms with van der Waals surface area (Å²) < 4.78 is 14.8. The molecule has 1 amide bonds. The number of hydrogen-bond donors (Lipinski definition) is 1. The van der Waals surface area contributed by atoms with Crippen molar-refractivity contribution < 1.29 is 9.18 Å². The number of piperidine rings is 1. The van der Waals surface area contributed by atoms with Crippen LogP contribution >= 0.6 is 0 Å². The van der Waals surface area contributed by atoms with Crippen LogP contribution in [0.3, 0.4) is 0 Å². The fourth-order valence-corrected chi connectivity index (χ4v) is 5.74. The maximum absolute atomic E-state index is 14.8. The van der Waals surface area contributed by atoms with E-state index in [1.54, 1.807) is 0 Å². The van der Waals surface area contributed by atoms with Gasteiger partial charge in [0.25, 0.3) is 0 Å². The van der Waals surface area contributed by atoms with E-state index in [9.17, 15) is 9.18 Å². The van der Waals surface area contributed by atoms with Crippen molar-refractivity contribution in [2.24, 2.45) is 5.92 Å². The number of pyridine rings is 1. The van der Waals surface area contributed by atoms with Crippen LogP contribution in [0.5, 0.6) is 0 Å². The van der Waals surface area contributed by atoms with Gasteiger partial charge < -0.3 is 19.7 Å². The van der Waals surface area contributed by atoms with Crippen molar-refractivity contribution in [1.29, 1.82) is 0 Å². The monoisotopic (exact) mass is 475 g/mol. The van der Waals surface area contributed by atoms with Gasteiger partial charge in [-0.1, -0.05) is 31.2 Å². The number of alkyl halides is 1. The number of carbonyl (C=O) groups excluding carboxylic acids is 1. The van der Waals surface area contributed by atoms with E-state index < -0.39 is 6.17 Å². The number of nitrogens with one attached hydrogen (secondary N) is 1. The summed E-state index contributed by atoms with van der Waals surface area (Å²) in [5, 5.41) is 1.10. The van der Waals surface area contributed by atoms with Crippen LogP contribution in [0.25, 0.3) is 22.3 Å². The molecule has 0 spiro atoms. The topological polar surface area (TPSA) is 55.5 Å². The van der Waals surface area contributed by atoms with E-state index >= 15 is 0 Å². The Balaban J connectivity index is 1.19. The summed E-state index contributed by atoms with van der Waals surface area (Å²) in [6.07, 6.45) is 4.03. The number of benzene rings is 1. The van der Waals surface area contributed by atoms with Crippen LogP contribution in [0.1, 0.15) is 37.7 Å². The molecule has 184 valence electrons. The van der Waals surface area contributed by atoms with E-state index in [1.807, 2.05) is 11.1 Å². The van der Waals surface area contributed by atoms with Crippen LogP contribution in [-0.2, 0) is 4.79 Å².